The molecule has 388 valence electrons. The van der Waals surface area contributed by atoms with Gasteiger partial charge in [0.05, 0.1) is 112 Å². The summed E-state index contributed by atoms with van der Waals surface area (Å²) in [6.07, 6.45) is 0. The van der Waals surface area contributed by atoms with Gasteiger partial charge in [-0.2, -0.15) is 0 Å². The highest BCUT2D eigenvalue weighted by Gasteiger charge is 2.32. The minimum absolute atomic E-state index is 0.0300. The van der Waals surface area contributed by atoms with E-state index in [1.165, 1.54) is 9.80 Å². The highest BCUT2D eigenvalue weighted by Crippen LogP contribution is 2.37. The molecule has 71 heavy (non-hydrogen) atoms. The standard InChI is InChI=1S/C48H60Cl4N6O11S2/c1-57-27-41(39-23-35(49)25-45(51)43(39)29-57)33-3-7-37(8-4-33)70(61,62)55-13-17-67-21-19-65-15-11-53-47(59)31-69-32-48(60)54-12-16-66-20-22-68-18-14-56-71(63,64)38-9-5-34(6-10-38)42-28-58(2)30-44-40(42)24-36(50)26-46(44)52/h3-10,23-26,41-42,55-56H,11-22,27-32H2,1-2H3,(H,53,59)(H,54,60)/p+2/t41-,42-/m0/s1. The summed E-state index contributed by atoms with van der Waals surface area (Å²) in [5.74, 6) is -0.772. The number of rotatable bonds is 28. The molecule has 2 aliphatic heterocycles. The zero-order chi connectivity index (χ0) is 51.0. The van der Waals surface area contributed by atoms with Crippen LogP contribution in [0.4, 0.5) is 0 Å². The van der Waals surface area contributed by atoms with Crippen molar-refractivity contribution in [3.63, 3.8) is 0 Å². The van der Waals surface area contributed by atoms with Crippen LogP contribution in [0.2, 0.25) is 20.1 Å². The molecule has 0 fully saturated rings. The average molecular weight is 1110 g/mol. The number of likely N-dealkylation sites (N-methyl/N-ethyl adjacent to an activating group) is 2. The van der Waals surface area contributed by atoms with Crippen LogP contribution >= 0.6 is 46.4 Å². The molecule has 4 aromatic carbocycles. The minimum Gasteiger partial charge on any atom is -0.378 e. The van der Waals surface area contributed by atoms with Gasteiger partial charge in [-0.05, 0) is 70.8 Å². The Balaban J connectivity index is 0.718. The maximum atomic E-state index is 12.9. The van der Waals surface area contributed by atoms with Crippen molar-refractivity contribution in [2.24, 2.45) is 0 Å². The number of carbonyl (C=O) groups is 2. The molecular weight excluding hydrogens is 1040 g/mol. The highest BCUT2D eigenvalue weighted by molar-refractivity contribution is 7.89. The van der Waals surface area contributed by atoms with E-state index < -0.39 is 31.9 Å². The molecule has 2 heterocycles. The zero-order valence-corrected chi connectivity index (χ0v) is 44.3. The lowest BCUT2D eigenvalue weighted by atomic mass is 9.85. The second-order valence-electron chi connectivity index (χ2n) is 17.3. The Morgan fingerprint density at radius 1 is 0.521 bits per heavy atom. The van der Waals surface area contributed by atoms with Crippen LogP contribution in [-0.2, 0) is 66.4 Å². The van der Waals surface area contributed by atoms with Gasteiger partial charge in [-0.15, -0.1) is 0 Å². The van der Waals surface area contributed by atoms with Crippen molar-refractivity contribution in [1.82, 2.24) is 20.1 Å². The predicted octanol–water partition coefficient (Wildman–Crippen LogP) is 2.19. The molecule has 6 rings (SSSR count). The van der Waals surface area contributed by atoms with Crippen LogP contribution < -0.4 is 29.9 Å². The summed E-state index contributed by atoms with van der Waals surface area (Å²) in [6, 6.07) is 21.1. The molecule has 0 bridgehead atoms. The van der Waals surface area contributed by atoms with E-state index in [1.54, 1.807) is 36.4 Å². The third kappa shape index (κ3) is 17.3. The molecule has 0 aromatic heterocycles. The Labute approximate surface area is 436 Å². The molecular formula is C48H62Cl4N6O11S2+2. The number of sulfonamides is 2. The van der Waals surface area contributed by atoms with Crippen LogP contribution in [0.5, 0.6) is 0 Å². The summed E-state index contributed by atoms with van der Waals surface area (Å²) in [7, 11) is -3.31. The Morgan fingerprint density at radius 3 is 1.24 bits per heavy atom. The molecule has 0 radical (unpaired) electrons. The molecule has 0 spiro atoms. The number of quaternary nitrogens is 2. The Hall–Kier alpha value is -3.48. The maximum Gasteiger partial charge on any atom is 0.246 e. The molecule has 6 N–H and O–H groups in total. The van der Waals surface area contributed by atoms with Crippen LogP contribution in [0.1, 0.15) is 45.2 Å². The topological polar surface area (TPSA) is 206 Å². The molecule has 0 saturated heterocycles. The van der Waals surface area contributed by atoms with E-state index in [1.807, 2.05) is 36.4 Å². The normalized spacial score (nSPS) is 17.9. The summed E-state index contributed by atoms with van der Waals surface area (Å²) in [6.45, 7) is 4.81. The van der Waals surface area contributed by atoms with Gasteiger partial charge >= 0.3 is 0 Å². The van der Waals surface area contributed by atoms with Crippen LogP contribution in [0.3, 0.4) is 0 Å². The van der Waals surface area contributed by atoms with Gasteiger partial charge in [-0.1, -0.05) is 70.7 Å². The Kier molecular flexibility index (Phi) is 22.2. The van der Waals surface area contributed by atoms with E-state index in [0.29, 0.717) is 20.1 Å². The number of carbonyl (C=O) groups excluding carboxylic acids is 2. The first-order valence-corrected chi connectivity index (χ1v) is 27.7. The predicted molar refractivity (Wildman–Crippen MR) is 271 cm³/mol. The molecule has 23 heteroatoms. The molecule has 17 nitrogen and oxygen atoms in total. The van der Waals surface area contributed by atoms with E-state index in [2.05, 4.69) is 34.2 Å². The van der Waals surface area contributed by atoms with Gasteiger partial charge in [0.1, 0.15) is 26.3 Å². The molecule has 0 aliphatic carbocycles. The van der Waals surface area contributed by atoms with Crippen molar-refractivity contribution in [1.29, 1.82) is 0 Å². The number of ether oxygens (including phenoxy) is 5. The summed E-state index contributed by atoms with van der Waals surface area (Å²) < 4.78 is 83.8. The van der Waals surface area contributed by atoms with E-state index in [9.17, 15) is 26.4 Å². The summed E-state index contributed by atoms with van der Waals surface area (Å²) in [5, 5.41) is 7.67. The van der Waals surface area contributed by atoms with E-state index in [-0.39, 0.29) is 114 Å². The fourth-order valence-corrected chi connectivity index (χ4v) is 11.6. The van der Waals surface area contributed by atoms with Gasteiger partial charge < -0.3 is 44.1 Å². The summed E-state index contributed by atoms with van der Waals surface area (Å²) in [5.41, 5.74) is 6.20. The number of fused-ring (bicyclic) bond motifs is 2. The van der Waals surface area contributed by atoms with Crippen LogP contribution in [-0.4, -0.2) is 148 Å². The van der Waals surface area contributed by atoms with Gasteiger partial charge in [0, 0.05) is 47.4 Å². The lowest BCUT2D eigenvalue weighted by Gasteiger charge is -2.31. The van der Waals surface area contributed by atoms with Crippen molar-refractivity contribution in [3.8, 4) is 0 Å². The van der Waals surface area contributed by atoms with E-state index in [4.69, 9.17) is 70.1 Å². The van der Waals surface area contributed by atoms with Crippen LogP contribution in [0, 0.1) is 0 Å². The van der Waals surface area contributed by atoms with Crippen molar-refractivity contribution < 1.29 is 59.9 Å². The van der Waals surface area contributed by atoms with Crippen molar-refractivity contribution in [2.75, 3.05) is 119 Å². The molecule has 4 aromatic rings. The first-order chi connectivity index (χ1) is 34.0. The number of benzene rings is 4. The second kappa shape index (κ2) is 27.7. The minimum atomic E-state index is -3.75. The number of nitrogens with one attached hydrogen (secondary N) is 6. The highest BCUT2D eigenvalue weighted by atomic mass is 35.5. The van der Waals surface area contributed by atoms with Gasteiger partial charge in [0.25, 0.3) is 0 Å². The van der Waals surface area contributed by atoms with Gasteiger partial charge in [-0.25, -0.2) is 26.3 Å². The second-order valence-corrected chi connectivity index (χ2v) is 22.5. The summed E-state index contributed by atoms with van der Waals surface area (Å²) >= 11 is 25.6. The quantitative estimate of drug-likeness (QED) is 0.0455. The Bertz CT molecular complexity index is 2460. The number of halogens is 4. The molecule has 0 saturated carbocycles. The van der Waals surface area contributed by atoms with Crippen molar-refractivity contribution in [2.45, 2.75) is 34.7 Å². The zero-order valence-electron chi connectivity index (χ0n) is 39.6. The fraction of sp³-hybridized carbons (Fsp3) is 0.458. The lowest BCUT2D eigenvalue weighted by molar-refractivity contribution is -0.897. The van der Waals surface area contributed by atoms with Gasteiger partial charge in [-0.3, -0.25) is 9.59 Å². The third-order valence-electron chi connectivity index (χ3n) is 11.8. The first-order valence-electron chi connectivity index (χ1n) is 23.2. The van der Waals surface area contributed by atoms with Gasteiger partial charge in [0.2, 0.25) is 31.9 Å². The monoisotopic (exact) mass is 1100 g/mol. The smallest absolute Gasteiger partial charge is 0.246 e. The number of hydrogen-bond acceptors (Lipinski definition) is 11. The average Bonchev–Trinajstić information content (AvgIpc) is 3.33. The first kappa shape index (κ1) is 56.8. The maximum absolute atomic E-state index is 12.9. The van der Waals surface area contributed by atoms with E-state index >= 15 is 0 Å². The van der Waals surface area contributed by atoms with Crippen LogP contribution in [0.25, 0.3) is 0 Å². The van der Waals surface area contributed by atoms with E-state index in [0.717, 1.165) is 59.6 Å². The molecule has 2 amide bonds. The summed E-state index contributed by atoms with van der Waals surface area (Å²) in [4.78, 5) is 27.0. The fourth-order valence-electron chi connectivity index (χ4n) is 8.43. The van der Waals surface area contributed by atoms with Gasteiger partial charge in [0.15, 0.2) is 0 Å². The molecule has 4 atom stereocenters. The van der Waals surface area contributed by atoms with Crippen LogP contribution in [0.15, 0.2) is 82.6 Å². The SMILES string of the molecule is C[NH+]1Cc2c(Cl)cc(Cl)cc2[C@H](c2ccc(S(=O)(=O)NCCOCCOCCNC(=O)COCC(=O)NCCOCCOCCNS(=O)(=O)c3ccc([C@@H]4C[NH+](C)Cc5c(Cl)cc(Cl)cc54)cc3)cc2)C1. The number of amides is 2. The molecule has 2 aliphatic rings. The largest absolute Gasteiger partial charge is 0.378 e. The lowest BCUT2D eigenvalue weighted by Crippen LogP contribution is -3.09. The number of hydrogen-bond donors (Lipinski definition) is 6. The third-order valence-corrected chi connectivity index (χ3v) is 15.9. The van der Waals surface area contributed by atoms with Crippen molar-refractivity contribution in [3.05, 3.63) is 126 Å². The van der Waals surface area contributed by atoms with Crippen molar-refractivity contribution >= 4 is 78.3 Å². The Morgan fingerprint density at radius 2 is 0.873 bits per heavy atom. The molecule has 2 unspecified atom stereocenters.